The van der Waals surface area contributed by atoms with Crippen molar-refractivity contribution in [2.24, 2.45) is 5.92 Å². The van der Waals surface area contributed by atoms with Crippen molar-refractivity contribution in [2.45, 2.75) is 32.1 Å². The second-order valence-corrected chi connectivity index (χ2v) is 3.25. The van der Waals surface area contributed by atoms with Crippen molar-refractivity contribution in [3.8, 4) is 0 Å². The van der Waals surface area contributed by atoms with E-state index in [9.17, 15) is 14.9 Å². The Morgan fingerprint density at radius 3 is 2.83 bits per heavy atom. The molecule has 1 aliphatic carbocycles. The van der Waals surface area contributed by atoms with Crippen LogP contribution in [0.4, 0.5) is 0 Å². The maximum atomic E-state index is 11.2. The lowest BCUT2D eigenvalue weighted by Crippen LogP contribution is -2.21. The summed E-state index contributed by atoms with van der Waals surface area (Å²) in [4.78, 5) is 20.9. The van der Waals surface area contributed by atoms with Crippen LogP contribution in [0, 0.1) is 16.0 Å². The van der Waals surface area contributed by atoms with Gasteiger partial charge in [0.05, 0.1) is 0 Å². The molecular weight excluding hydrogens is 158 g/mol. The van der Waals surface area contributed by atoms with Crippen LogP contribution in [0.25, 0.3) is 0 Å². The van der Waals surface area contributed by atoms with Gasteiger partial charge in [0.15, 0.2) is 0 Å². The van der Waals surface area contributed by atoms with Crippen LogP contribution in [0.3, 0.4) is 0 Å². The van der Waals surface area contributed by atoms with Gasteiger partial charge in [-0.2, -0.15) is 0 Å². The molecule has 0 spiro atoms. The van der Waals surface area contributed by atoms with E-state index in [0.29, 0.717) is 12.8 Å². The minimum absolute atomic E-state index is 0.0239. The van der Waals surface area contributed by atoms with E-state index in [-0.39, 0.29) is 23.2 Å². The molecule has 1 fully saturated rings. The molecule has 0 heterocycles. The molecule has 0 aliphatic heterocycles. The largest absolute Gasteiger partial charge is 0.299 e. The monoisotopic (exact) mass is 171 g/mol. The zero-order valence-electron chi connectivity index (χ0n) is 6.99. The maximum absolute atomic E-state index is 11.2. The first kappa shape index (κ1) is 9.16. The molecule has 12 heavy (non-hydrogen) atoms. The number of carbonyl (C=O) groups excluding carboxylic acids is 1. The van der Waals surface area contributed by atoms with Gasteiger partial charge in [0.2, 0.25) is 6.54 Å². The molecule has 0 aromatic heterocycles. The fourth-order valence-electron chi connectivity index (χ4n) is 1.62. The van der Waals surface area contributed by atoms with Crippen molar-refractivity contribution in [3.05, 3.63) is 10.1 Å². The fraction of sp³-hybridized carbons (Fsp3) is 0.875. The predicted octanol–water partition coefficient (Wildman–Crippen LogP) is 1.41. The molecule has 0 N–H and O–H groups in total. The summed E-state index contributed by atoms with van der Waals surface area (Å²) in [6.45, 7) is -0.0591. The molecule has 1 aliphatic rings. The van der Waals surface area contributed by atoms with Crippen molar-refractivity contribution >= 4 is 5.78 Å². The van der Waals surface area contributed by atoms with Crippen LogP contribution in [0.1, 0.15) is 32.1 Å². The lowest BCUT2D eigenvalue weighted by Gasteiger charge is -2.18. The molecule has 4 heteroatoms. The Kier molecular flexibility index (Phi) is 3.19. The number of ketones is 1. The molecule has 4 nitrogen and oxygen atoms in total. The van der Waals surface area contributed by atoms with Crippen LogP contribution in [0.2, 0.25) is 0 Å². The summed E-state index contributed by atoms with van der Waals surface area (Å²) in [6.07, 6.45) is 3.93. The van der Waals surface area contributed by atoms with Gasteiger partial charge in [-0.3, -0.25) is 14.9 Å². The normalized spacial score (nSPS) is 24.0. The molecule has 0 aromatic rings. The molecule has 0 aromatic carbocycles. The van der Waals surface area contributed by atoms with Gasteiger partial charge < -0.3 is 0 Å². The molecule has 68 valence electrons. The third-order valence-corrected chi connectivity index (χ3v) is 2.34. The number of nitro groups is 1. The van der Waals surface area contributed by atoms with E-state index in [4.69, 9.17) is 0 Å². The van der Waals surface area contributed by atoms with Crippen LogP contribution in [0.5, 0.6) is 0 Å². The number of Topliss-reactive ketones (excluding diaryl/α,β-unsaturated/α-hetero) is 1. The predicted molar refractivity (Wildman–Crippen MR) is 43.4 cm³/mol. The van der Waals surface area contributed by atoms with Gasteiger partial charge in [0, 0.05) is 23.7 Å². The standard InChI is InChI=1S/C8H13NO3/c10-8-4-2-1-3-7(8)5-6-9(11)12/h7H,1-6H2/t7-/m0/s1. The minimum Gasteiger partial charge on any atom is -0.299 e. The molecule has 1 atom stereocenters. The third kappa shape index (κ3) is 2.60. The number of hydrogen-bond acceptors (Lipinski definition) is 3. The maximum Gasteiger partial charge on any atom is 0.204 e. The van der Waals surface area contributed by atoms with E-state index < -0.39 is 0 Å². The van der Waals surface area contributed by atoms with Crippen molar-refractivity contribution in [1.29, 1.82) is 0 Å². The van der Waals surface area contributed by atoms with Gasteiger partial charge in [0.1, 0.15) is 5.78 Å². The van der Waals surface area contributed by atoms with Gasteiger partial charge in [-0.1, -0.05) is 6.42 Å². The van der Waals surface area contributed by atoms with Gasteiger partial charge in [-0.15, -0.1) is 0 Å². The van der Waals surface area contributed by atoms with Gasteiger partial charge in [0.25, 0.3) is 0 Å². The molecule has 0 unspecified atom stereocenters. The number of carbonyl (C=O) groups is 1. The first-order valence-corrected chi connectivity index (χ1v) is 4.34. The summed E-state index contributed by atoms with van der Waals surface area (Å²) in [5.41, 5.74) is 0. The quantitative estimate of drug-likeness (QED) is 0.476. The number of rotatable bonds is 3. The highest BCUT2D eigenvalue weighted by Gasteiger charge is 2.23. The number of hydrogen-bond donors (Lipinski definition) is 0. The van der Waals surface area contributed by atoms with E-state index in [1.165, 1.54) is 0 Å². The van der Waals surface area contributed by atoms with Crippen molar-refractivity contribution < 1.29 is 9.72 Å². The van der Waals surface area contributed by atoms with Crippen LogP contribution < -0.4 is 0 Å². The van der Waals surface area contributed by atoms with E-state index in [1.807, 2.05) is 0 Å². The second-order valence-electron chi connectivity index (χ2n) is 3.25. The highest BCUT2D eigenvalue weighted by atomic mass is 16.6. The topological polar surface area (TPSA) is 60.2 Å². The Labute approximate surface area is 71.1 Å². The zero-order chi connectivity index (χ0) is 8.97. The van der Waals surface area contributed by atoms with Crippen molar-refractivity contribution in [2.75, 3.05) is 6.54 Å². The van der Waals surface area contributed by atoms with Crippen LogP contribution in [-0.2, 0) is 4.79 Å². The van der Waals surface area contributed by atoms with Crippen LogP contribution in [-0.4, -0.2) is 17.3 Å². The van der Waals surface area contributed by atoms with E-state index >= 15 is 0 Å². The van der Waals surface area contributed by atoms with E-state index in [0.717, 1.165) is 19.3 Å². The van der Waals surface area contributed by atoms with E-state index in [1.54, 1.807) is 0 Å². The minimum atomic E-state index is -0.345. The third-order valence-electron chi connectivity index (χ3n) is 2.34. The second kappa shape index (κ2) is 4.18. The van der Waals surface area contributed by atoms with Crippen LogP contribution >= 0.6 is 0 Å². The molecule has 0 bridgehead atoms. The van der Waals surface area contributed by atoms with Crippen molar-refractivity contribution in [1.82, 2.24) is 0 Å². The highest BCUT2D eigenvalue weighted by Crippen LogP contribution is 2.22. The Balaban J connectivity index is 2.29. The summed E-state index contributed by atoms with van der Waals surface area (Å²) in [5, 5.41) is 10.0. The summed E-state index contributed by atoms with van der Waals surface area (Å²) >= 11 is 0. The zero-order valence-corrected chi connectivity index (χ0v) is 6.99. The average molecular weight is 171 g/mol. The Bertz CT molecular complexity index is 191. The number of nitrogens with zero attached hydrogens (tertiary/aromatic N) is 1. The van der Waals surface area contributed by atoms with Gasteiger partial charge in [-0.05, 0) is 12.8 Å². The first-order valence-electron chi connectivity index (χ1n) is 4.34. The Hall–Kier alpha value is -0.930. The van der Waals surface area contributed by atoms with Gasteiger partial charge >= 0.3 is 0 Å². The summed E-state index contributed by atoms with van der Waals surface area (Å²) in [6, 6.07) is 0. The fourth-order valence-corrected chi connectivity index (χ4v) is 1.62. The molecule has 0 saturated heterocycles. The summed E-state index contributed by atoms with van der Waals surface area (Å²) < 4.78 is 0. The van der Waals surface area contributed by atoms with E-state index in [2.05, 4.69) is 0 Å². The van der Waals surface area contributed by atoms with Gasteiger partial charge in [-0.25, -0.2) is 0 Å². The molecule has 0 radical (unpaired) electrons. The lowest BCUT2D eigenvalue weighted by atomic mass is 9.86. The SMILES string of the molecule is O=C1CCCC[C@H]1CC[N+](=O)[O-]. The molecular formula is C8H13NO3. The smallest absolute Gasteiger partial charge is 0.204 e. The van der Waals surface area contributed by atoms with Crippen molar-refractivity contribution in [3.63, 3.8) is 0 Å². The molecule has 1 rings (SSSR count). The molecule has 1 saturated carbocycles. The Morgan fingerprint density at radius 1 is 1.50 bits per heavy atom. The lowest BCUT2D eigenvalue weighted by molar-refractivity contribution is -0.481. The summed E-state index contributed by atoms with van der Waals surface area (Å²) in [5.74, 6) is 0.201. The van der Waals surface area contributed by atoms with Crippen LogP contribution in [0.15, 0.2) is 0 Å². The molecule has 0 amide bonds. The summed E-state index contributed by atoms with van der Waals surface area (Å²) in [7, 11) is 0. The Morgan fingerprint density at radius 2 is 2.25 bits per heavy atom. The average Bonchev–Trinajstić information content (AvgIpc) is 2.03. The first-order chi connectivity index (χ1) is 5.70. The highest BCUT2D eigenvalue weighted by molar-refractivity contribution is 5.81.